The first-order valence-corrected chi connectivity index (χ1v) is 7.07. The van der Waals surface area contributed by atoms with Crippen molar-refractivity contribution in [2.45, 2.75) is 31.6 Å². The number of carboxylic acid groups (broad SMARTS) is 1. The third kappa shape index (κ3) is 2.15. The van der Waals surface area contributed by atoms with Crippen molar-refractivity contribution in [2.24, 2.45) is 13.0 Å². The maximum absolute atomic E-state index is 11.0. The number of rotatable bonds is 2. The number of fused-ring (bicyclic) bond motifs is 1. The van der Waals surface area contributed by atoms with Gasteiger partial charge in [0.2, 0.25) is 0 Å². The number of phenols is 1. The molecule has 0 radical (unpaired) electrons. The Morgan fingerprint density at radius 1 is 1.25 bits per heavy atom. The van der Waals surface area contributed by atoms with E-state index >= 15 is 0 Å². The number of hydrogen-bond acceptors (Lipinski definition) is 2. The number of nitrogens with zero attached hydrogens (tertiary/aromatic N) is 1. The third-order valence-corrected chi connectivity index (χ3v) is 4.52. The molecule has 1 aromatic heterocycles. The van der Waals surface area contributed by atoms with Gasteiger partial charge < -0.3 is 14.8 Å². The highest BCUT2D eigenvalue weighted by Crippen LogP contribution is 2.39. The second-order valence-corrected chi connectivity index (χ2v) is 5.78. The number of phenolic OH excluding ortho intramolecular Hbond substituents is 1. The lowest BCUT2D eigenvalue weighted by molar-refractivity contribution is -0.142. The van der Waals surface area contributed by atoms with E-state index in [4.69, 9.17) is 5.11 Å². The quantitative estimate of drug-likeness (QED) is 0.883. The van der Waals surface area contributed by atoms with Crippen molar-refractivity contribution in [3.63, 3.8) is 0 Å². The first-order chi connectivity index (χ1) is 9.56. The molecule has 0 saturated heterocycles. The van der Waals surface area contributed by atoms with E-state index in [1.54, 1.807) is 12.1 Å². The summed E-state index contributed by atoms with van der Waals surface area (Å²) in [5.41, 5.74) is 2.31. The van der Waals surface area contributed by atoms with Gasteiger partial charge in [-0.25, -0.2) is 0 Å². The van der Waals surface area contributed by atoms with Crippen LogP contribution in [0.5, 0.6) is 5.75 Å². The summed E-state index contributed by atoms with van der Waals surface area (Å²) in [6.07, 6.45) is 5.49. The number of hydrogen-bond donors (Lipinski definition) is 2. The van der Waals surface area contributed by atoms with E-state index in [0.29, 0.717) is 5.92 Å². The Morgan fingerprint density at radius 3 is 2.60 bits per heavy atom. The number of carboxylic acids is 1. The zero-order valence-electron chi connectivity index (χ0n) is 11.5. The Bertz CT molecular complexity index is 651. The number of benzene rings is 1. The molecule has 1 heterocycles. The van der Waals surface area contributed by atoms with Gasteiger partial charge in [0.1, 0.15) is 5.75 Å². The molecule has 4 nitrogen and oxygen atoms in total. The lowest BCUT2D eigenvalue weighted by Crippen LogP contribution is -2.20. The fourth-order valence-electron chi connectivity index (χ4n) is 3.38. The van der Waals surface area contributed by atoms with Crippen molar-refractivity contribution in [3.8, 4) is 5.75 Å². The molecular weight excluding hydrogens is 254 g/mol. The average Bonchev–Trinajstić information content (AvgIpc) is 2.76. The number of aromatic nitrogens is 1. The molecular formula is C16H19NO3. The van der Waals surface area contributed by atoms with Gasteiger partial charge in [0.05, 0.1) is 11.4 Å². The van der Waals surface area contributed by atoms with Gasteiger partial charge in [-0.15, -0.1) is 0 Å². The van der Waals surface area contributed by atoms with Gasteiger partial charge in [-0.1, -0.05) is 0 Å². The molecule has 1 saturated carbocycles. The summed E-state index contributed by atoms with van der Waals surface area (Å²) in [5.74, 6) is -0.129. The lowest BCUT2D eigenvalue weighted by Gasteiger charge is -2.25. The molecule has 1 aliphatic rings. The minimum Gasteiger partial charge on any atom is -0.508 e. The summed E-state index contributed by atoms with van der Waals surface area (Å²) in [4.78, 5) is 11.0. The van der Waals surface area contributed by atoms with Gasteiger partial charge in [-0.05, 0) is 49.3 Å². The number of carbonyl (C=O) groups is 1. The topological polar surface area (TPSA) is 62.5 Å². The smallest absolute Gasteiger partial charge is 0.306 e. The molecule has 0 bridgehead atoms. The van der Waals surface area contributed by atoms with Crippen LogP contribution in [0.4, 0.5) is 0 Å². The van der Waals surface area contributed by atoms with Crippen molar-refractivity contribution in [3.05, 3.63) is 30.0 Å². The molecule has 3 rings (SSSR count). The normalized spacial score (nSPS) is 23.1. The summed E-state index contributed by atoms with van der Waals surface area (Å²) >= 11 is 0. The van der Waals surface area contributed by atoms with Crippen molar-refractivity contribution >= 4 is 16.9 Å². The highest BCUT2D eigenvalue weighted by atomic mass is 16.4. The van der Waals surface area contributed by atoms with Crippen molar-refractivity contribution in [1.29, 1.82) is 0 Å². The Balaban J connectivity index is 1.90. The zero-order chi connectivity index (χ0) is 14.3. The Morgan fingerprint density at radius 2 is 1.95 bits per heavy atom. The molecule has 0 unspecified atom stereocenters. The molecule has 2 aromatic rings. The Labute approximate surface area is 117 Å². The van der Waals surface area contributed by atoms with Gasteiger partial charge in [0.25, 0.3) is 0 Å². The van der Waals surface area contributed by atoms with Crippen LogP contribution in [0.2, 0.25) is 0 Å². The van der Waals surface area contributed by atoms with Crippen LogP contribution in [0.25, 0.3) is 10.9 Å². The molecule has 106 valence electrons. The highest BCUT2D eigenvalue weighted by molar-refractivity contribution is 5.85. The molecule has 2 N–H and O–H groups in total. The summed E-state index contributed by atoms with van der Waals surface area (Å²) < 4.78 is 2.04. The van der Waals surface area contributed by atoms with Crippen LogP contribution in [0, 0.1) is 5.92 Å². The summed E-state index contributed by atoms with van der Waals surface area (Å²) in [5, 5.41) is 19.8. The largest absolute Gasteiger partial charge is 0.508 e. The lowest BCUT2D eigenvalue weighted by atomic mass is 9.79. The summed E-state index contributed by atoms with van der Waals surface area (Å²) in [7, 11) is 1.98. The molecule has 0 atom stereocenters. The number of aromatic hydroxyl groups is 1. The van der Waals surface area contributed by atoms with E-state index in [0.717, 1.165) is 31.2 Å². The molecule has 4 heteroatoms. The molecule has 1 aromatic carbocycles. The monoisotopic (exact) mass is 273 g/mol. The van der Waals surface area contributed by atoms with Gasteiger partial charge in [0, 0.05) is 24.7 Å². The van der Waals surface area contributed by atoms with Crippen LogP contribution in [0.15, 0.2) is 24.4 Å². The number of aryl methyl sites for hydroxylation is 1. The Hall–Kier alpha value is -1.97. The van der Waals surface area contributed by atoms with E-state index in [1.165, 1.54) is 10.9 Å². The zero-order valence-corrected chi connectivity index (χ0v) is 11.5. The highest BCUT2D eigenvalue weighted by Gasteiger charge is 2.28. The SMILES string of the molecule is Cn1cc(C2CCC(C(=O)O)CC2)c2ccc(O)cc21. The molecule has 1 aliphatic carbocycles. The minimum atomic E-state index is -0.661. The van der Waals surface area contributed by atoms with Crippen LogP contribution < -0.4 is 0 Å². The molecule has 0 amide bonds. The van der Waals surface area contributed by atoms with E-state index in [9.17, 15) is 9.90 Å². The maximum atomic E-state index is 11.0. The number of aliphatic carboxylic acids is 1. The van der Waals surface area contributed by atoms with E-state index in [-0.39, 0.29) is 11.7 Å². The molecule has 20 heavy (non-hydrogen) atoms. The van der Waals surface area contributed by atoms with Crippen LogP contribution >= 0.6 is 0 Å². The average molecular weight is 273 g/mol. The van der Waals surface area contributed by atoms with Crippen LogP contribution in [-0.4, -0.2) is 20.7 Å². The molecule has 0 aliphatic heterocycles. The fraction of sp³-hybridized carbons (Fsp3) is 0.438. The maximum Gasteiger partial charge on any atom is 0.306 e. The van der Waals surface area contributed by atoms with Crippen LogP contribution in [0.1, 0.15) is 37.2 Å². The summed E-state index contributed by atoms with van der Waals surface area (Å²) in [6, 6.07) is 5.46. The minimum absolute atomic E-state index is 0.176. The predicted molar refractivity (Wildman–Crippen MR) is 76.9 cm³/mol. The summed E-state index contributed by atoms with van der Waals surface area (Å²) in [6.45, 7) is 0. The first-order valence-electron chi connectivity index (χ1n) is 7.07. The van der Waals surface area contributed by atoms with Gasteiger partial charge in [0.15, 0.2) is 0 Å². The van der Waals surface area contributed by atoms with Gasteiger partial charge in [-0.2, -0.15) is 0 Å². The van der Waals surface area contributed by atoms with Crippen LogP contribution in [0.3, 0.4) is 0 Å². The van der Waals surface area contributed by atoms with Crippen LogP contribution in [-0.2, 0) is 11.8 Å². The van der Waals surface area contributed by atoms with E-state index < -0.39 is 5.97 Å². The predicted octanol–water partition coefficient (Wildman–Crippen LogP) is 3.24. The van der Waals surface area contributed by atoms with Gasteiger partial charge >= 0.3 is 5.97 Å². The third-order valence-electron chi connectivity index (χ3n) is 4.52. The van der Waals surface area contributed by atoms with E-state index in [2.05, 4.69) is 6.20 Å². The van der Waals surface area contributed by atoms with Crippen molar-refractivity contribution < 1.29 is 15.0 Å². The fourth-order valence-corrected chi connectivity index (χ4v) is 3.38. The second kappa shape index (κ2) is 4.85. The van der Waals surface area contributed by atoms with Crippen molar-refractivity contribution in [2.75, 3.05) is 0 Å². The Kier molecular flexibility index (Phi) is 3.16. The molecule has 1 fully saturated rings. The standard InChI is InChI=1S/C16H19NO3/c1-17-9-14(13-7-6-12(18)8-15(13)17)10-2-4-11(5-3-10)16(19)20/h6-11,18H,2-5H2,1H3,(H,19,20). The second-order valence-electron chi connectivity index (χ2n) is 5.78. The first kappa shape index (κ1) is 13.0. The van der Waals surface area contributed by atoms with Crippen molar-refractivity contribution in [1.82, 2.24) is 4.57 Å². The van der Waals surface area contributed by atoms with Gasteiger partial charge in [-0.3, -0.25) is 4.79 Å². The van der Waals surface area contributed by atoms with E-state index in [1.807, 2.05) is 17.7 Å². The molecule has 0 spiro atoms.